The number of aryl methyl sites for hydroxylation is 2. The highest BCUT2D eigenvalue weighted by atomic mass is 35.5. The van der Waals surface area contributed by atoms with Crippen molar-refractivity contribution in [3.8, 4) is 5.75 Å². The zero-order chi connectivity index (χ0) is 19.2. The Hall–Kier alpha value is -2.79. The summed E-state index contributed by atoms with van der Waals surface area (Å²) in [7, 11) is 0. The van der Waals surface area contributed by atoms with Crippen LogP contribution in [0.25, 0.3) is 0 Å². The maximum absolute atomic E-state index is 12.4. The molecule has 140 valence electrons. The molecule has 0 unspecified atom stereocenters. The molecule has 0 fully saturated rings. The van der Waals surface area contributed by atoms with E-state index in [-0.39, 0.29) is 5.91 Å². The average Bonchev–Trinajstić information content (AvgIpc) is 2.99. The lowest BCUT2D eigenvalue weighted by molar-refractivity contribution is 0.0953. The van der Waals surface area contributed by atoms with Crippen LogP contribution in [0.4, 0.5) is 0 Å². The van der Waals surface area contributed by atoms with Crippen molar-refractivity contribution < 1.29 is 14.1 Å². The van der Waals surface area contributed by atoms with Crippen LogP contribution in [0.15, 0.2) is 53.1 Å². The second-order valence-corrected chi connectivity index (χ2v) is 6.69. The Balaban J connectivity index is 1.54. The van der Waals surface area contributed by atoms with E-state index in [9.17, 15) is 4.79 Å². The molecule has 1 heterocycles. The van der Waals surface area contributed by atoms with E-state index in [1.165, 1.54) is 0 Å². The molecule has 3 aromatic rings. The highest BCUT2D eigenvalue weighted by Crippen LogP contribution is 2.18. The van der Waals surface area contributed by atoms with Crippen LogP contribution in [-0.2, 0) is 13.0 Å². The average molecular weight is 385 g/mol. The van der Waals surface area contributed by atoms with Crippen molar-refractivity contribution in [1.29, 1.82) is 0 Å². The molecule has 0 aliphatic heterocycles. The molecular formula is C21H21ClN2O3. The molecule has 0 spiro atoms. The number of benzene rings is 2. The Kier molecular flexibility index (Phi) is 6.14. The van der Waals surface area contributed by atoms with Crippen LogP contribution in [-0.4, -0.2) is 17.6 Å². The molecule has 0 aliphatic carbocycles. The highest BCUT2D eigenvalue weighted by molar-refractivity contribution is 6.30. The van der Waals surface area contributed by atoms with E-state index in [1.807, 2.05) is 44.2 Å². The van der Waals surface area contributed by atoms with Gasteiger partial charge in [-0.2, -0.15) is 0 Å². The first-order valence-electron chi connectivity index (χ1n) is 8.70. The van der Waals surface area contributed by atoms with Gasteiger partial charge in [-0.15, -0.1) is 0 Å². The van der Waals surface area contributed by atoms with Crippen molar-refractivity contribution in [2.75, 3.05) is 6.54 Å². The van der Waals surface area contributed by atoms with Gasteiger partial charge in [0.05, 0.1) is 11.3 Å². The summed E-state index contributed by atoms with van der Waals surface area (Å²) < 4.78 is 10.9. The topological polar surface area (TPSA) is 64.4 Å². The molecule has 0 saturated carbocycles. The molecular weight excluding hydrogens is 364 g/mol. The number of carbonyl (C=O) groups is 1. The quantitative estimate of drug-likeness (QED) is 0.651. The largest absolute Gasteiger partial charge is 0.489 e. The number of amides is 1. The molecule has 0 saturated heterocycles. The van der Waals surface area contributed by atoms with Crippen LogP contribution in [0.2, 0.25) is 5.02 Å². The zero-order valence-corrected chi connectivity index (χ0v) is 16.0. The first kappa shape index (κ1) is 19.0. The number of carbonyl (C=O) groups excluding carboxylic acids is 1. The lowest BCUT2D eigenvalue weighted by Crippen LogP contribution is -2.25. The fourth-order valence-electron chi connectivity index (χ4n) is 2.66. The summed E-state index contributed by atoms with van der Waals surface area (Å²) in [6.45, 7) is 4.62. The summed E-state index contributed by atoms with van der Waals surface area (Å²) in [5.74, 6) is 1.23. The van der Waals surface area contributed by atoms with Gasteiger partial charge < -0.3 is 14.6 Å². The first-order valence-corrected chi connectivity index (χ1v) is 9.08. The molecule has 0 atom stereocenters. The van der Waals surface area contributed by atoms with E-state index < -0.39 is 0 Å². The molecule has 1 aromatic heterocycles. The SMILES string of the molecule is Cc1noc(C)c1COc1cccc(C(=O)NCCc2ccc(Cl)cc2)c1. The van der Waals surface area contributed by atoms with Crippen molar-refractivity contribution in [3.63, 3.8) is 0 Å². The second-order valence-electron chi connectivity index (χ2n) is 6.25. The van der Waals surface area contributed by atoms with Gasteiger partial charge in [0.15, 0.2) is 0 Å². The van der Waals surface area contributed by atoms with E-state index >= 15 is 0 Å². The summed E-state index contributed by atoms with van der Waals surface area (Å²) in [6, 6.07) is 14.7. The fourth-order valence-corrected chi connectivity index (χ4v) is 2.79. The molecule has 0 radical (unpaired) electrons. The van der Waals surface area contributed by atoms with E-state index in [2.05, 4.69) is 10.5 Å². The van der Waals surface area contributed by atoms with Crippen molar-refractivity contribution in [1.82, 2.24) is 10.5 Å². The molecule has 5 nitrogen and oxygen atoms in total. The third-order valence-electron chi connectivity index (χ3n) is 4.27. The molecule has 1 amide bonds. The smallest absolute Gasteiger partial charge is 0.251 e. The molecule has 6 heteroatoms. The number of nitrogens with zero attached hydrogens (tertiary/aromatic N) is 1. The van der Waals surface area contributed by atoms with Gasteiger partial charge >= 0.3 is 0 Å². The van der Waals surface area contributed by atoms with Gasteiger partial charge in [0.2, 0.25) is 0 Å². The van der Waals surface area contributed by atoms with Crippen LogP contribution in [0.5, 0.6) is 5.75 Å². The Morgan fingerprint density at radius 2 is 1.96 bits per heavy atom. The highest BCUT2D eigenvalue weighted by Gasteiger charge is 2.11. The van der Waals surface area contributed by atoms with Crippen LogP contribution in [0.1, 0.15) is 32.9 Å². The zero-order valence-electron chi connectivity index (χ0n) is 15.3. The van der Waals surface area contributed by atoms with Crippen LogP contribution < -0.4 is 10.1 Å². The van der Waals surface area contributed by atoms with Crippen LogP contribution in [0.3, 0.4) is 0 Å². The van der Waals surface area contributed by atoms with E-state index in [4.69, 9.17) is 20.9 Å². The maximum atomic E-state index is 12.4. The third-order valence-corrected chi connectivity index (χ3v) is 4.53. The molecule has 0 bridgehead atoms. The Morgan fingerprint density at radius 3 is 2.67 bits per heavy atom. The van der Waals surface area contributed by atoms with Crippen molar-refractivity contribution in [3.05, 3.63) is 81.7 Å². The summed E-state index contributed by atoms with van der Waals surface area (Å²) >= 11 is 5.88. The first-order chi connectivity index (χ1) is 13.0. The van der Waals surface area contributed by atoms with Crippen LogP contribution in [0, 0.1) is 13.8 Å². The lowest BCUT2D eigenvalue weighted by Gasteiger charge is -2.09. The number of hydrogen-bond acceptors (Lipinski definition) is 4. The van der Waals surface area contributed by atoms with Gasteiger partial charge in [-0.3, -0.25) is 4.79 Å². The molecule has 27 heavy (non-hydrogen) atoms. The fraction of sp³-hybridized carbons (Fsp3) is 0.238. The Morgan fingerprint density at radius 1 is 1.19 bits per heavy atom. The van der Waals surface area contributed by atoms with E-state index in [1.54, 1.807) is 18.2 Å². The summed E-state index contributed by atoms with van der Waals surface area (Å²) in [5.41, 5.74) is 3.41. The third kappa shape index (κ3) is 5.11. The molecule has 3 rings (SSSR count). The standard InChI is InChI=1S/C21H21ClN2O3/c1-14-20(15(2)27-24-14)13-26-19-5-3-4-17(12-19)21(25)23-11-10-16-6-8-18(22)9-7-16/h3-9,12H,10-11,13H2,1-2H3,(H,23,25). The van der Waals surface area contributed by atoms with Gasteiger partial charge in [-0.1, -0.05) is 35.0 Å². The Bertz CT molecular complexity index is 900. The Labute approximate surface area is 163 Å². The van der Waals surface area contributed by atoms with Crippen molar-refractivity contribution in [2.24, 2.45) is 0 Å². The molecule has 2 aromatic carbocycles. The number of ether oxygens (including phenoxy) is 1. The maximum Gasteiger partial charge on any atom is 0.251 e. The van der Waals surface area contributed by atoms with Gasteiger partial charge in [-0.25, -0.2) is 0 Å². The lowest BCUT2D eigenvalue weighted by atomic mass is 10.1. The molecule has 0 aliphatic rings. The number of rotatable bonds is 7. The predicted octanol–water partition coefficient (Wildman–Crippen LogP) is 4.50. The molecule has 1 N–H and O–H groups in total. The summed E-state index contributed by atoms with van der Waals surface area (Å²) in [4.78, 5) is 12.4. The van der Waals surface area contributed by atoms with Crippen LogP contribution >= 0.6 is 11.6 Å². The normalized spacial score (nSPS) is 10.6. The monoisotopic (exact) mass is 384 g/mol. The van der Waals surface area contributed by atoms with Gasteiger partial charge in [0.25, 0.3) is 5.91 Å². The minimum atomic E-state index is -0.133. The van der Waals surface area contributed by atoms with Crippen molar-refractivity contribution in [2.45, 2.75) is 26.9 Å². The van der Waals surface area contributed by atoms with Gasteiger partial charge in [0, 0.05) is 17.1 Å². The van der Waals surface area contributed by atoms with E-state index in [0.717, 1.165) is 29.0 Å². The van der Waals surface area contributed by atoms with Gasteiger partial charge in [-0.05, 0) is 56.2 Å². The number of halogens is 1. The number of hydrogen-bond donors (Lipinski definition) is 1. The van der Waals surface area contributed by atoms with Gasteiger partial charge in [0.1, 0.15) is 18.1 Å². The second kappa shape index (κ2) is 8.73. The summed E-state index contributed by atoms with van der Waals surface area (Å²) in [6.07, 6.45) is 0.741. The minimum absolute atomic E-state index is 0.133. The number of nitrogens with one attached hydrogen (secondary N) is 1. The number of aromatic nitrogens is 1. The minimum Gasteiger partial charge on any atom is -0.489 e. The van der Waals surface area contributed by atoms with E-state index in [0.29, 0.717) is 29.5 Å². The summed E-state index contributed by atoms with van der Waals surface area (Å²) in [5, 5.41) is 7.54. The van der Waals surface area contributed by atoms with Crippen molar-refractivity contribution >= 4 is 17.5 Å². The predicted molar refractivity (Wildman–Crippen MR) is 104 cm³/mol.